The van der Waals surface area contributed by atoms with Gasteiger partial charge in [0.2, 0.25) is 0 Å². The van der Waals surface area contributed by atoms with Crippen molar-refractivity contribution in [3.05, 3.63) is 35.8 Å². The lowest BCUT2D eigenvalue weighted by Gasteiger charge is -2.10. The fourth-order valence-electron chi connectivity index (χ4n) is 1.58. The first-order valence-electron chi connectivity index (χ1n) is 4.72. The van der Waals surface area contributed by atoms with E-state index >= 15 is 0 Å². The maximum absolute atomic E-state index is 13.6. The van der Waals surface area contributed by atoms with Crippen molar-refractivity contribution in [3.63, 3.8) is 0 Å². The number of benzene rings is 1. The number of nitrogens with two attached hydrogens (primary N) is 1. The molecule has 16 heavy (non-hydrogen) atoms. The number of fused-ring (bicyclic) bond motifs is 1. The highest BCUT2D eigenvalue weighted by Gasteiger charge is 2.16. The molecule has 1 aromatic heterocycles. The van der Waals surface area contributed by atoms with E-state index in [2.05, 4.69) is 0 Å². The minimum absolute atomic E-state index is 0.191. The minimum atomic E-state index is -1.06. The molecule has 3 N–H and O–H groups in total. The molecule has 0 amide bonds. The largest absolute Gasteiger partial charge is 0.481 e. The minimum Gasteiger partial charge on any atom is -0.481 e. The Balaban J connectivity index is 2.42. The number of aliphatic carboxylic acids is 1. The quantitative estimate of drug-likeness (QED) is 0.834. The van der Waals surface area contributed by atoms with Crippen LogP contribution in [0.1, 0.15) is 18.0 Å². The van der Waals surface area contributed by atoms with Crippen LogP contribution < -0.4 is 5.73 Å². The Labute approximate surface area is 90.5 Å². The van der Waals surface area contributed by atoms with Crippen molar-refractivity contribution in [1.82, 2.24) is 0 Å². The number of hydrogen-bond acceptors (Lipinski definition) is 3. The van der Waals surface area contributed by atoms with Crippen LogP contribution in [0.5, 0.6) is 0 Å². The van der Waals surface area contributed by atoms with E-state index in [9.17, 15) is 9.18 Å². The monoisotopic (exact) mass is 223 g/mol. The van der Waals surface area contributed by atoms with Crippen molar-refractivity contribution in [2.75, 3.05) is 0 Å². The summed E-state index contributed by atoms with van der Waals surface area (Å²) in [7, 11) is 0. The summed E-state index contributed by atoms with van der Waals surface area (Å²) in [6, 6.07) is 3.55. The van der Waals surface area contributed by atoms with E-state index in [0.29, 0.717) is 11.0 Å². The maximum Gasteiger partial charge on any atom is 0.305 e. The molecule has 0 saturated heterocycles. The topological polar surface area (TPSA) is 76.5 Å². The molecule has 0 aliphatic heterocycles. The second-order valence-corrected chi connectivity index (χ2v) is 3.54. The third kappa shape index (κ3) is 1.90. The standard InChI is InChI=1S/C11H10FNO3/c12-8-4-10-6(1-2-16-10)3-7(8)9(13)5-11(14)15/h1-4,9H,5,13H2,(H,14,15). The van der Waals surface area contributed by atoms with E-state index in [1.54, 1.807) is 6.07 Å². The van der Waals surface area contributed by atoms with Crippen LogP contribution >= 0.6 is 0 Å². The van der Waals surface area contributed by atoms with Crippen LogP contribution in [-0.4, -0.2) is 11.1 Å². The van der Waals surface area contributed by atoms with Gasteiger partial charge in [0, 0.05) is 23.1 Å². The summed E-state index contributed by atoms with van der Waals surface area (Å²) in [4.78, 5) is 10.5. The van der Waals surface area contributed by atoms with Gasteiger partial charge >= 0.3 is 5.97 Å². The molecule has 5 heteroatoms. The third-order valence-corrected chi connectivity index (χ3v) is 2.37. The molecule has 0 saturated carbocycles. The summed E-state index contributed by atoms with van der Waals surface area (Å²) in [5.41, 5.74) is 6.22. The van der Waals surface area contributed by atoms with Crippen LogP contribution in [0.15, 0.2) is 28.9 Å². The normalized spacial score (nSPS) is 12.9. The first-order valence-corrected chi connectivity index (χ1v) is 4.72. The van der Waals surface area contributed by atoms with E-state index in [-0.39, 0.29) is 12.0 Å². The molecule has 0 spiro atoms. The SMILES string of the molecule is NC(CC(=O)O)c1cc2ccoc2cc1F. The first kappa shape index (κ1) is 10.6. The van der Waals surface area contributed by atoms with E-state index in [0.717, 1.165) is 0 Å². The molecule has 1 heterocycles. The predicted octanol–water partition coefficient (Wildman–Crippen LogP) is 2.05. The summed E-state index contributed by atoms with van der Waals surface area (Å²) < 4.78 is 18.6. The molecule has 2 aromatic rings. The maximum atomic E-state index is 13.6. The van der Waals surface area contributed by atoms with Crippen LogP contribution in [0, 0.1) is 5.82 Å². The van der Waals surface area contributed by atoms with Gasteiger partial charge < -0.3 is 15.3 Å². The van der Waals surface area contributed by atoms with Crippen LogP contribution in [0.4, 0.5) is 4.39 Å². The van der Waals surface area contributed by atoms with Gasteiger partial charge in [0.1, 0.15) is 11.4 Å². The van der Waals surface area contributed by atoms with Gasteiger partial charge in [-0.05, 0) is 12.1 Å². The summed E-state index contributed by atoms with van der Waals surface area (Å²) in [5.74, 6) is -1.60. The number of furan rings is 1. The van der Waals surface area contributed by atoms with E-state index < -0.39 is 17.8 Å². The molecule has 2 rings (SSSR count). The van der Waals surface area contributed by atoms with Gasteiger partial charge in [-0.25, -0.2) is 4.39 Å². The Morgan fingerprint density at radius 1 is 1.56 bits per heavy atom. The Bertz CT molecular complexity index is 535. The van der Waals surface area contributed by atoms with Gasteiger partial charge in [0.25, 0.3) is 0 Å². The van der Waals surface area contributed by atoms with Gasteiger partial charge in [-0.3, -0.25) is 4.79 Å². The molecule has 0 bridgehead atoms. The van der Waals surface area contributed by atoms with Gasteiger partial charge in [0.15, 0.2) is 0 Å². The van der Waals surface area contributed by atoms with E-state index in [1.807, 2.05) is 0 Å². The molecule has 1 atom stereocenters. The fourth-order valence-corrected chi connectivity index (χ4v) is 1.58. The zero-order valence-corrected chi connectivity index (χ0v) is 8.31. The molecule has 0 radical (unpaired) electrons. The van der Waals surface area contributed by atoms with Crippen LogP contribution in [0.25, 0.3) is 11.0 Å². The van der Waals surface area contributed by atoms with Crippen molar-refractivity contribution in [2.45, 2.75) is 12.5 Å². The predicted molar refractivity (Wildman–Crippen MR) is 55.4 cm³/mol. The summed E-state index contributed by atoms with van der Waals surface area (Å²) in [6.07, 6.45) is 1.14. The number of carbonyl (C=O) groups is 1. The van der Waals surface area contributed by atoms with Crippen molar-refractivity contribution in [2.24, 2.45) is 5.73 Å². The number of carboxylic acid groups (broad SMARTS) is 1. The Hall–Kier alpha value is -1.88. The molecule has 1 unspecified atom stereocenters. The summed E-state index contributed by atoms with van der Waals surface area (Å²) in [5, 5.41) is 9.29. The van der Waals surface area contributed by atoms with E-state index in [1.165, 1.54) is 18.4 Å². The molecule has 0 aliphatic carbocycles. The fraction of sp³-hybridized carbons (Fsp3) is 0.182. The van der Waals surface area contributed by atoms with Crippen LogP contribution in [0.2, 0.25) is 0 Å². The van der Waals surface area contributed by atoms with Crippen LogP contribution in [0.3, 0.4) is 0 Å². The van der Waals surface area contributed by atoms with Crippen molar-refractivity contribution >= 4 is 16.9 Å². The van der Waals surface area contributed by atoms with Gasteiger partial charge in [-0.1, -0.05) is 0 Å². The zero-order chi connectivity index (χ0) is 11.7. The van der Waals surface area contributed by atoms with Gasteiger partial charge in [-0.2, -0.15) is 0 Å². The summed E-state index contributed by atoms with van der Waals surface area (Å²) >= 11 is 0. The lowest BCUT2D eigenvalue weighted by Crippen LogP contribution is -2.16. The Morgan fingerprint density at radius 3 is 3.00 bits per heavy atom. The molecular formula is C11H10FNO3. The Kier molecular flexibility index (Phi) is 2.62. The number of carboxylic acids is 1. The lowest BCUT2D eigenvalue weighted by molar-refractivity contribution is -0.137. The highest BCUT2D eigenvalue weighted by atomic mass is 19.1. The van der Waals surface area contributed by atoms with E-state index in [4.69, 9.17) is 15.3 Å². The molecule has 84 valence electrons. The number of halogens is 1. The second kappa shape index (κ2) is 3.94. The van der Waals surface area contributed by atoms with Gasteiger partial charge in [-0.15, -0.1) is 0 Å². The molecular weight excluding hydrogens is 213 g/mol. The smallest absolute Gasteiger partial charge is 0.305 e. The third-order valence-electron chi connectivity index (χ3n) is 2.37. The first-order chi connectivity index (χ1) is 7.58. The summed E-state index contributed by atoms with van der Waals surface area (Å²) in [6.45, 7) is 0. The average molecular weight is 223 g/mol. The average Bonchev–Trinajstić information content (AvgIpc) is 2.61. The number of rotatable bonds is 3. The highest BCUT2D eigenvalue weighted by Crippen LogP contribution is 2.25. The molecule has 0 aliphatic rings. The van der Waals surface area contributed by atoms with Crippen LogP contribution in [-0.2, 0) is 4.79 Å². The molecule has 1 aromatic carbocycles. The van der Waals surface area contributed by atoms with Crippen molar-refractivity contribution in [3.8, 4) is 0 Å². The van der Waals surface area contributed by atoms with Gasteiger partial charge in [0.05, 0.1) is 12.7 Å². The highest BCUT2D eigenvalue weighted by molar-refractivity contribution is 5.78. The number of hydrogen-bond donors (Lipinski definition) is 2. The molecule has 4 nitrogen and oxygen atoms in total. The second-order valence-electron chi connectivity index (χ2n) is 3.54. The van der Waals surface area contributed by atoms with Crippen molar-refractivity contribution in [1.29, 1.82) is 0 Å². The molecule has 0 fully saturated rings. The lowest BCUT2D eigenvalue weighted by atomic mass is 10.0. The zero-order valence-electron chi connectivity index (χ0n) is 8.31. The Morgan fingerprint density at radius 2 is 2.31 bits per heavy atom. The van der Waals surface area contributed by atoms with Crippen molar-refractivity contribution < 1.29 is 18.7 Å².